The highest BCUT2D eigenvalue weighted by Crippen LogP contribution is 2.34. The van der Waals surface area contributed by atoms with Gasteiger partial charge in [-0.1, -0.05) is 11.6 Å². The lowest BCUT2D eigenvalue weighted by atomic mass is 10.2. The molecule has 0 bridgehead atoms. The Bertz CT molecular complexity index is 729. The number of piperazine rings is 1. The summed E-state index contributed by atoms with van der Waals surface area (Å²) in [5, 5.41) is 0.0210. The quantitative estimate of drug-likeness (QED) is 0.812. The predicted octanol–water partition coefficient (Wildman–Crippen LogP) is 4.09. The molecule has 0 spiro atoms. The van der Waals surface area contributed by atoms with E-state index < -0.39 is 11.7 Å². The maximum absolute atomic E-state index is 12.7. The third-order valence-electron chi connectivity index (χ3n) is 4.17. The Kier molecular flexibility index (Phi) is 4.94. The van der Waals surface area contributed by atoms with E-state index in [-0.39, 0.29) is 5.02 Å². The molecule has 3 rings (SSSR count). The summed E-state index contributed by atoms with van der Waals surface area (Å²) in [6.45, 7) is 2.71. The zero-order valence-electron chi connectivity index (χ0n) is 13.6. The van der Waals surface area contributed by atoms with Gasteiger partial charge in [0.25, 0.3) is 0 Å². The molecule has 0 atom stereocenters. The van der Waals surface area contributed by atoms with Gasteiger partial charge in [-0.25, -0.2) is 4.98 Å². The number of nitrogens with zero attached hydrogens (tertiary/aromatic N) is 3. The number of alkyl halides is 3. The maximum Gasteiger partial charge on any atom is 0.417 e. The minimum absolute atomic E-state index is 0.0210. The molecule has 1 fully saturated rings. The van der Waals surface area contributed by atoms with E-state index in [1.54, 1.807) is 7.11 Å². The van der Waals surface area contributed by atoms with E-state index in [0.29, 0.717) is 18.9 Å². The zero-order chi connectivity index (χ0) is 18.0. The molecule has 0 N–H and O–H groups in total. The van der Waals surface area contributed by atoms with Crippen LogP contribution in [0.1, 0.15) is 5.56 Å². The molecule has 0 amide bonds. The van der Waals surface area contributed by atoms with Crippen molar-refractivity contribution in [2.75, 3.05) is 43.1 Å². The minimum Gasteiger partial charge on any atom is -0.497 e. The Hall–Kier alpha value is -2.15. The molecule has 1 aromatic heterocycles. The van der Waals surface area contributed by atoms with Crippen LogP contribution in [0.5, 0.6) is 5.75 Å². The second-order valence-electron chi connectivity index (χ2n) is 5.70. The number of methoxy groups -OCH3 is 1. The van der Waals surface area contributed by atoms with Crippen LogP contribution < -0.4 is 14.5 Å². The van der Waals surface area contributed by atoms with E-state index in [1.807, 2.05) is 29.2 Å². The average molecular weight is 372 g/mol. The summed E-state index contributed by atoms with van der Waals surface area (Å²) in [5.41, 5.74) is 0.241. The van der Waals surface area contributed by atoms with Crippen LogP contribution in [0, 0.1) is 0 Å². The average Bonchev–Trinajstić information content (AvgIpc) is 2.61. The first-order valence-corrected chi connectivity index (χ1v) is 8.13. The maximum atomic E-state index is 12.7. The number of anilines is 2. The molecule has 2 aromatic rings. The number of hydrogen-bond donors (Lipinski definition) is 0. The van der Waals surface area contributed by atoms with Gasteiger partial charge in [0.1, 0.15) is 11.6 Å². The first-order chi connectivity index (χ1) is 11.9. The number of hydrogen-bond acceptors (Lipinski definition) is 4. The lowest BCUT2D eigenvalue weighted by molar-refractivity contribution is -0.137. The number of rotatable bonds is 3. The summed E-state index contributed by atoms with van der Waals surface area (Å²) in [5.74, 6) is 1.19. The summed E-state index contributed by atoms with van der Waals surface area (Å²) in [7, 11) is 1.62. The molecule has 1 saturated heterocycles. The Labute approximate surface area is 148 Å². The van der Waals surface area contributed by atoms with Crippen LogP contribution in [0.2, 0.25) is 5.02 Å². The van der Waals surface area contributed by atoms with Gasteiger partial charge < -0.3 is 14.5 Å². The van der Waals surface area contributed by atoms with Gasteiger partial charge in [-0.3, -0.25) is 0 Å². The van der Waals surface area contributed by atoms with E-state index >= 15 is 0 Å². The molecule has 4 nitrogen and oxygen atoms in total. The molecule has 134 valence electrons. The van der Waals surface area contributed by atoms with Crippen LogP contribution >= 0.6 is 11.6 Å². The van der Waals surface area contributed by atoms with Gasteiger partial charge in [0.15, 0.2) is 0 Å². The highest BCUT2D eigenvalue weighted by molar-refractivity contribution is 6.33. The van der Waals surface area contributed by atoms with Gasteiger partial charge in [0.2, 0.25) is 0 Å². The van der Waals surface area contributed by atoms with Crippen LogP contribution in [0.4, 0.5) is 24.7 Å². The molecule has 0 unspecified atom stereocenters. The highest BCUT2D eigenvalue weighted by atomic mass is 35.5. The SMILES string of the molecule is COc1ccc(N2CCN(c3ncc(C(F)(F)F)cc3Cl)CC2)cc1. The number of halogens is 4. The first-order valence-electron chi connectivity index (χ1n) is 7.75. The number of aromatic nitrogens is 1. The zero-order valence-corrected chi connectivity index (χ0v) is 14.3. The molecule has 0 aliphatic carbocycles. The van der Waals surface area contributed by atoms with Gasteiger partial charge >= 0.3 is 6.18 Å². The molecule has 0 saturated carbocycles. The Morgan fingerprint density at radius 2 is 1.64 bits per heavy atom. The molecular weight excluding hydrogens is 355 g/mol. The van der Waals surface area contributed by atoms with Crippen molar-refractivity contribution in [3.8, 4) is 5.75 Å². The third-order valence-corrected chi connectivity index (χ3v) is 4.44. The lowest BCUT2D eigenvalue weighted by Crippen LogP contribution is -2.47. The normalized spacial score (nSPS) is 15.4. The van der Waals surface area contributed by atoms with Crippen LogP contribution in [-0.2, 0) is 6.18 Å². The van der Waals surface area contributed by atoms with Crippen LogP contribution in [0.15, 0.2) is 36.5 Å². The fourth-order valence-corrected chi connectivity index (χ4v) is 3.07. The molecule has 0 radical (unpaired) electrons. The largest absolute Gasteiger partial charge is 0.497 e. The van der Waals surface area contributed by atoms with Crippen molar-refractivity contribution < 1.29 is 17.9 Å². The fraction of sp³-hybridized carbons (Fsp3) is 0.353. The Balaban J connectivity index is 1.67. The summed E-state index contributed by atoms with van der Waals surface area (Å²) in [4.78, 5) is 8.04. The minimum atomic E-state index is -4.44. The number of pyridine rings is 1. The monoisotopic (exact) mass is 371 g/mol. The lowest BCUT2D eigenvalue weighted by Gasteiger charge is -2.37. The second-order valence-corrected chi connectivity index (χ2v) is 6.11. The summed E-state index contributed by atoms with van der Waals surface area (Å²) in [6.07, 6.45) is -3.61. The molecule has 25 heavy (non-hydrogen) atoms. The summed E-state index contributed by atoms with van der Waals surface area (Å²) in [6, 6.07) is 8.70. The second kappa shape index (κ2) is 7.00. The summed E-state index contributed by atoms with van der Waals surface area (Å²) >= 11 is 6.02. The highest BCUT2D eigenvalue weighted by Gasteiger charge is 2.32. The summed E-state index contributed by atoms with van der Waals surface area (Å²) < 4.78 is 43.3. The van der Waals surface area contributed by atoms with Gasteiger partial charge in [-0.2, -0.15) is 13.2 Å². The van der Waals surface area contributed by atoms with Crippen molar-refractivity contribution in [2.24, 2.45) is 0 Å². The van der Waals surface area contributed by atoms with Gasteiger partial charge in [0, 0.05) is 38.1 Å². The van der Waals surface area contributed by atoms with Crippen molar-refractivity contribution in [3.05, 3.63) is 47.1 Å². The van der Waals surface area contributed by atoms with Crippen molar-refractivity contribution >= 4 is 23.1 Å². The van der Waals surface area contributed by atoms with Crippen molar-refractivity contribution in [1.82, 2.24) is 4.98 Å². The number of ether oxygens (including phenoxy) is 1. The number of benzene rings is 1. The van der Waals surface area contributed by atoms with Gasteiger partial charge in [-0.15, -0.1) is 0 Å². The van der Waals surface area contributed by atoms with Crippen LogP contribution in [-0.4, -0.2) is 38.3 Å². The third kappa shape index (κ3) is 3.92. The molecule has 2 heterocycles. The Morgan fingerprint density at radius 3 is 2.16 bits per heavy atom. The van der Waals surface area contributed by atoms with Crippen molar-refractivity contribution in [3.63, 3.8) is 0 Å². The van der Waals surface area contributed by atoms with Crippen molar-refractivity contribution in [1.29, 1.82) is 0 Å². The molecular formula is C17H17ClF3N3O. The predicted molar refractivity (Wildman–Crippen MR) is 91.7 cm³/mol. The van der Waals surface area contributed by atoms with E-state index in [0.717, 1.165) is 36.8 Å². The van der Waals surface area contributed by atoms with E-state index in [9.17, 15) is 13.2 Å². The first kappa shape index (κ1) is 17.7. The van der Waals surface area contributed by atoms with Crippen molar-refractivity contribution in [2.45, 2.75) is 6.18 Å². The molecule has 1 aliphatic rings. The van der Waals surface area contributed by atoms with Crippen LogP contribution in [0.25, 0.3) is 0 Å². The smallest absolute Gasteiger partial charge is 0.417 e. The standard InChI is InChI=1S/C17H17ClF3N3O/c1-25-14-4-2-13(3-5-14)23-6-8-24(9-7-23)16-15(18)10-12(11-22-16)17(19,20)21/h2-5,10-11H,6-9H2,1H3. The van der Waals surface area contributed by atoms with Gasteiger partial charge in [0.05, 0.1) is 17.7 Å². The Morgan fingerprint density at radius 1 is 1.04 bits per heavy atom. The van der Waals surface area contributed by atoms with Gasteiger partial charge in [-0.05, 0) is 30.3 Å². The van der Waals surface area contributed by atoms with E-state index in [4.69, 9.17) is 16.3 Å². The molecule has 1 aliphatic heterocycles. The van der Waals surface area contributed by atoms with Crippen LogP contribution in [0.3, 0.4) is 0 Å². The topological polar surface area (TPSA) is 28.6 Å². The molecule has 8 heteroatoms. The fourth-order valence-electron chi connectivity index (χ4n) is 2.79. The van der Waals surface area contributed by atoms with E-state index in [1.165, 1.54) is 0 Å². The molecule has 1 aromatic carbocycles. The van der Waals surface area contributed by atoms with E-state index in [2.05, 4.69) is 9.88 Å².